The molecule has 5 heteroatoms. The van der Waals surface area contributed by atoms with Crippen molar-refractivity contribution in [2.75, 3.05) is 0 Å². The third-order valence-electron chi connectivity index (χ3n) is 2.79. The SMILES string of the molecule is Cc1ccsc1C(Sc1ccc(Cl)c(Cl)c1)C(C)N. The maximum Gasteiger partial charge on any atom is 0.0603 e. The summed E-state index contributed by atoms with van der Waals surface area (Å²) in [7, 11) is 0. The van der Waals surface area contributed by atoms with E-state index in [1.807, 2.05) is 25.1 Å². The van der Waals surface area contributed by atoms with E-state index < -0.39 is 0 Å². The molecule has 2 aromatic rings. The second-order valence-corrected chi connectivity index (χ2v) is 7.42. The predicted molar refractivity (Wildman–Crippen MR) is 87.8 cm³/mol. The van der Waals surface area contributed by atoms with Gasteiger partial charge in [0.2, 0.25) is 0 Å². The first kappa shape index (κ1) is 15.2. The third kappa shape index (κ3) is 3.67. The van der Waals surface area contributed by atoms with Crippen LogP contribution in [-0.4, -0.2) is 6.04 Å². The van der Waals surface area contributed by atoms with Gasteiger partial charge in [-0.2, -0.15) is 0 Å². The number of nitrogens with two attached hydrogens (primary N) is 1. The molecular formula is C14H15Cl2NS2. The van der Waals surface area contributed by atoms with Crippen molar-refractivity contribution in [3.8, 4) is 0 Å². The lowest BCUT2D eigenvalue weighted by Gasteiger charge is -2.20. The van der Waals surface area contributed by atoms with Crippen LogP contribution in [0.3, 0.4) is 0 Å². The fraction of sp³-hybridized carbons (Fsp3) is 0.286. The molecule has 1 nitrogen and oxygen atoms in total. The number of thioether (sulfide) groups is 1. The number of halogens is 2. The van der Waals surface area contributed by atoms with Gasteiger partial charge in [-0.3, -0.25) is 0 Å². The van der Waals surface area contributed by atoms with Gasteiger partial charge in [-0.05, 0) is 49.1 Å². The van der Waals surface area contributed by atoms with Gasteiger partial charge in [0.25, 0.3) is 0 Å². The van der Waals surface area contributed by atoms with Crippen LogP contribution in [0.2, 0.25) is 10.0 Å². The molecular weight excluding hydrogens is 317 g/mol. The lowest BCUT2D eigenvalue weighted by atomic mass is 10.1. The van der Waals surface area contributed by atoms with E-state index in [0.29, 0.717) is 10.0 Å². The molecule has 2 unspecified atom stereocenters. The summed E-state index contributed by atoms with van der Waals surface area (Å²) in [5.74, 6) is 0. The average Bonchev–Trinajstić information content (AvgIpc) is 2.76. The van der Waals surface area contributed by atoms with Crippen molar-refractivity contribution in [2.45, 2.75) is 30.0 Å². The maximum atomic E-state index is 6.14. The molecule has 0 saturated carbocycles. The second kappa shape index (κ2) is 6.51. The van der Waals surface area contributed by atoms with Crippen LogP contribution in [0.4, 0.5) is 0 Å². The summed E-state index contributed by atoms with van der Waals surface area (Å²) in [6.45, 7) is 4.16. The Morgan fingerprint density at radius 3 is 2.47 bits per heavy atom. The number of benzene rings is 1. The number of rotatable bonds is 4. The molecule has 0 aliphatic heterocycles. The Hall–Kier alpha value is -0.190. The summed E-state index contributed by atoms with van der Waals surface area (Å²) in [6, 6.07) is 7.90. The lowest BCUT2D eigenvalue weighted by Crippen LogP contribution is -2.22. The molecule has 1 aromatic carbocycles. The highest BCUT2D eigenvalue weighted by molar-refractivity contribution is 7.99. The summed E-state index contributed by atoms with van der Waals surface area (Å²) in [5, 5.41) is 3.50. The van der Waals surface area contributed by atoms with Crippen LogP contribution in [0.25, 0.3) is 0 Å². The summed E-state index contributed by atoms with van der Waals surface area (Å²) in [5.41, 5.74) is 7.43. The number of hydrogen-bond acceptors (Lipinski definition) is 3. The molecule has 0 aliphatic rings. The van der Waals surface area contributed by atoms with Crippen LogP contribution >= 0.6 is 46.3 Å². The molecule has 0 aliphatic carbocycles. The Labute approximate surface area is 132 Å². The standard InChI is InChI=1S/C14H15Cl2NS2/c1-8-5-6-18-13(8)14(9(2)17)19-10-3-4-11(15)12(16)7-10/h3-7,9,14H,17H2,1-2H3. The first-order valence-corrected chi connectivity index (χ1v) is 8.42. The normalized spacial score (nSPS) is 14.4. The minimum absolute atomic E-state index is 0.0665. The first-order chi connectivity index (χ1) is 8.99. The maximum absolute atomic E-state index is 6.14. The van der Waals surface area contributed by atoms with Crippen LogP contribution in [0.1, 0.15) is 22.6 Å². The van der Waals surface area contributed by atoms with Crippen molar-refractivity contribution in [3.05, 3.63) is 50.1 Å². The van der Waals surface area contributed by atoms with Gasteiger partial charge in [-0.15, -0.1) is 23.1 Å². The molecule has 1 heterocycles. The summed E-state index contributed by atoms with van der Waals surface area (Å²) in [6.07, 6.45) is 0. The first-order valence-electron chi connectivity index (χ1n) is 5.90. The van der Waals surface area contributed by atoms with Crippen LogP contribution in [0.15, 0.2) is 34.5 Å². The molecule has 2 atom stereocenters. The van der Waals surface area contributed by atoms with E-state index in [1.165, 1.54) is 10.4 Å². The van der Waals surface area contributed by atoms with E-state index in [9.17, 15) is 0 Å². The number of hydrogen-bond donors (Lipinski definition) is 1. The van der Waals surface area contributed by atoms with E-state index in [4.69, 9.17) is 28.9 Å². The van der Waals surface area contributed by atoms with E-state index in [2.05, 4.69) is 18.4 Å². The van der Waals surface area contributed by atoms with Gasteiger partial charge in [0.05, 0.1) is 15.3 Å². The topological polar surface area (TPSA) is 26.0 Å². The summed E-state index contributed by atoms with van der Waals surface area (Å²) >= 11 is 15.5. The second-order valence-electron chi connectivity index (χ2n) is 4.44. The molecule has 102 valence electrons. The average molecular weight is 332 g/mol. The van der Waals surface area contributed by atoms with Crippen molar-refractivity contribution < 1.29 is 0 Å². The molecule has 0 amide bonds. The van der Waals surface area contributed by atoms with Crippen molar-refractivity contribution >= 4 is 46.3 Å². The highest BCUT2D eigenvalue weighted by atomic mass is 35.5. The fourth-order valence-corrected chi connectivity index (χ4v) is 4.60. The van der Waals surface area contributed by atoms with Gasteiger partial charge in [-0.25, -0.2) is 0 Å². The zero-order valence-corrected chi connectivity index (χ0v) is 13.8. The van der Waals surface area contributed by atoms with Crippen molar-refractivity contribution in [2.24, 2.45) is 5.73 Å². The Balaban J connectivity index is 2.27. The van der Waals surface area contributed by atoms with E-state index in [0.717, 1.165) is 4.90 Å². The molecule has 2 N–H and O–H groups in total. The van der Waals surface area contributed by atoms with Gasteiger partial charge >= 0.3 is 0 Å². The zero-order valence-electron chi connectivity index (χ0n) is 10.7. The smallest absolute Gasteiger partial charge is 0.0603 e. The van der Waals surface area contributed by atoms with Gasteiger partial charge in [0.15, 0.2) is 0 Å². The number of thiophene rings is 1. The van der Waals surface area contributed by atoms with Gasteiger partial charge in [-0.1, -0.05) is 23.2 Å². The minimum Gasteiger partial charge on any atom is -0.327 e. The van der Waals surface area contributed by atoms with Gasteiger partial charge in [0.1, 0.15) is 0 Å². The highest BCUT2D eigenvalue weighted by Gasteiger charge is 2.21. The summed E-state index contributed by atoms with van der Waals surface area (Å²) in [4.78, 5) is 2.41. The monoisotopic (exact) mass is 331 g/mol. The molecule has 2 rings (SSSR count). The highest BCUT2D eigenvalue weighted by Crippen LogP contribution is 2.42. The molecule has 0 bridgehead atoms. The molecule has 19 heavy (non-hydrogen) atoms. The molecule has 0 fully saturated rings. The van der Waals surface area contributed by atoms with Crippen LogP contribution in [-0.2, 0) is 0 Å². The van der Waals surface area contributed by atoms with E-state index >= 15 is 0 Å². The quantitative estimate of drug-likeness (QED) is 0.744. The largest absolute Gasteiger partial charge is 0.327 e. The lowest BCUT2D eigenvalue weighted by molar-refractivity contribution is 0.727. The van der Waals surface area contributed by atoms with Crippen LogP contribution in [0, 0.1) is 6.92 Å². The molecule has 0 spiro atoms. The molecule has 1 aromatic heterocycles. The zero-order chi connectivity index (χ0) is 14.0. The number of aryl methyl sites for hydroxylation is 1. The Morgan fingerprint density at radius 1 is 1.21 bits per heavy atom. The Bertz CT molecular complexity index is 566. The predicted octanol–water partition coefficient (Wildman–Crippen LogP) is 5.54. The van der Waals surface area contributed by atoms with Crippen LogP contribution < -0.4 is 5.73 Å². The Kier molecular flexibility index (Phi) is 5.21. The van der Waals surface area contributed by atoms with E-state index in [-0.39, 0.29) is 11.3 Å². The van der Waals surface area contributed by atoms with Gasteiger partial charge in [0, 0.05) is 15.8 Å². The van der Waals surface area contributed by atoms with Crippen LogP contribution in [0.5, 0.6) is 0 Å². The minimum atomic E-state index is 0.0665. The third-order valence-corrected chi connectivity index (χ3v) is 6.23. The van der Waals surface area contributed by atoms with Gasteiger partial charge < -0.3 is 5.73 Å². The fourth-order valence-electron chi connectivity index (χ4n) is 1.77. The molecule has 0 saturated heterocycles. The van der Waals surface area contributed by atoms with Crippen molar-refractivity contribution in [3.63, 3.8) is 0 Å². The van der Waals surface area contributed by atoms with Crippen molar-refractivity contribution in [1.82, 2.24) is 0 Å². The summed E-state index contributed by atoms with van der Waals surface area (Å²) < 4.78 is 0. The Morgan fingerprint density at radius 2 is 1.95 bits per heavy atom. The molecule has 0 radical (unpaired) electrons. The van der Waals surface area contributed by atoms with Crippen molar-refractivity contribution in [1.29, 1.82) is 0 Å². The van der Waals surface area contributed by atoms with E-state index in [1.54, 1.807) is 23.1 Å².